The van der Waals surface area contributed by atoms with Crippen molar-refractivity contribution in [3.05, 3.63) is 90.3 Å². The van der Waals surface area contributed by atoms with Gasteiger partial charge in [0.2, 0.25) is 0 Å². The van der Waals surface area contributed by atoms with Gasteiger partial charge in [-0.25, -0.2) is 4.57 Å². The topological polar surface area (TPSA) is 3.88 Å². The smallest absolute Gasteiger partial charge is 0.169 e. The van der Waals surface area contributed by atoms with E-state index in [0.29, 0.717) is 0 Å². The molecule has 0 amide bonds. The number of nitrogens with zero attached hydrogens (tertiary/aromatic N) is 1. The van der Waals surface area contributed by atoms with Crippen LogP contribution in [0.25, 0.3) is 11.1 Å². The summed E-state index contributed by atoms with van der Waals surface area (Å²) in [4.78, 5) is 0. The van der Waals surface area contributed by atoms with Gasteiger partial charge in [-0.2, -0.15) is 0 Å². The molecule has 0 N–H and O–H groups in total. The number of benzene rings is 2. The molecule has 3 aromatic rings. The number of hydrogen-bond donors (Lipinski definition) is 0. The van der Waals surface area contributed by atoms with Gasteiger partial charge in [0.1, 0.15) is 6.54 Å². The minimum Gasteiger partial charge on any atom is -1.00 e. The molecule has 1 nitrogen and oxygen atoms in total. The van der Waals surface area contributed by atoms with Gasteiger partial charge in [0.15, 0.2) is 12.4 Å². The molecular weight excluding hydrogens is 370 g/mol. The van der Waals surface area contributed by atoms with E-state index in [1.807, 2.05) is 0 Å². The molecule has 0 aliphatic rings. The summed E-state index contributed by atoms with van der Waals surface area (Å²) in [6.07, 6.45) is 9.32. The lowest BCUT2D eigenvalue weighted by Gasteiger charge is -2.04. The van der Waals surface area contributed by atoms with Crippen LogP contribution in [0.3, 0.4) is 0 Å². The van der Waals surface area contributed by atoms with Gasteiger partial charge < -0.3 is 17.0 Å². The summed E-state index contributed by atoms with van der Waals surface area (Å²) in [7, 11) is 0. The predicted octanol–water partition coefficient (Wildman–Crippen LogP) is 2.37. The maximum atomic E-state index is 2.28. The van der Waals surface area contributed by atoms with Crippen molar-refractivity contribution in [1.82, 2.24) is 0 Å². The van der Waals surface area contributed by atoms with Crippen molar-refractivity contribution in [1.29, 1.82) is 0 Å². The number of aromatic nitrogens is 1. The van der Waals surface area contributed by atoms with Gasteiger partial charge in [0.05, 0.1) is 0 Å². The van der Waals surface area contributed by atoms with Crippen molar-refractivity contribution < 1.29 is 21.5 Å². The van der Waals surface area contributed by atoms with E-state index in [2.05, 4.69) is 90.6 Å². The van der Waals surface area contributed by atoms with Gasteiger partial charge in [-0.1, -0.05) is 54.6 Å². The number of unbranched alkanes of at least 4 members (excludes halogenated alkanes) is 2. The van der Waals surface area contributed by atoms with Crippen LogP contribution in [0.15, 0.2) is 79.1 Å². The normalized spacial score (nSPS) is 10.3. The molecule has 0 saturated heterocycles. The van der Waals surface area contributed by atoms with Crippen LogP contribution in [0.5, 0.6) is 0 Å². The maximum absolute atomic E-state index is 2.28. The van der Waals surface area contributed by atoms with Crippen molar-refractivity contribution in [3.8, 4) is 11.1 Å². The van der Waals surface area contributed by atoms with Crippen LogP contribution < -0.4 is 21.5 Å². The number of aryl methyl sites for hydroxylation is 3. The van der Waals surface area contributed by atoms with Crippen molar-refractivity contribution in [2.75, 3.05) is 0 Å². The predicted molar refractivity (Wildman–Crippen MR) is 101 cm³/mol. The van der Waals surface area contributed by atoms with E-state index in [9.17, 15) is 0 Å². The Hall–Kier alpha value is -1.93. The third kappa shape index (κ3) is 6.13. The van der Waals surface area contributed by atoms with Crippen LogP contribution in [0.1, 0.15) is 30.4 Å². The molecule has 3 rings (SSSR count). The molecule has 0 saturated carbocycles. The van der Waals surface area contributed by atoms with Gasteiger partial charge in [0.25, 0.3) is 0 Å². The lowest BCUT2D eigenvalue weighted by molar-refractivity contribution is -0.697. The molecule has 0 spiro atoms. The Morgan fingerprint density at radius 3 is 2.00 bits per heavy atom. The van der Waals surface area contributed by atoms with Crippen LogP contribution >= 0.6 is 0 Å². The summed E-state index contributed by atoms with van der Waals surface area (Å²) in [5, 5.41) is 0. The first-order valence-electron chi connectivity index (χ1n) is 8.91. The zero-order valence-electron chi connectivity index (χ0n) is 14.9. The van der Waals surface area contributed by atoms with Gasteiger partial charge in [-0.3, -0.25) is 0 Å². The largest absolute Gasteiger partial charge is 1.00 e. The standard InChI is InChI=1S/C23H26N.BrH/c1-20-15-18-24(19-16-20)17-7-3-4-8-21-11-13-23(14-12-21)22-9-5-2-6-10-22;/h2,5-6,9-16,18-19H,3-4,7-8,17H2,1H3;1H/q+1;/p-1. The summed E-state index contributed by atoms with van der Waals surface area (Å²) in [6, 6.07) is 24.0. The van der Waals surface area contributed by atoms with E-state index in [1.165, 1.54) is 47.9 Å². The SMILES string of the molecule is Cc1cc[n+](CCCCCc2ccc(-c3ccccc3)cc2)cc1.[Br-]. The molecule has 0 unspecified atom stereocenters. The van der Waals surface area contributed by atoms with Crippen molar-refractivity contribution in [3.63, 3.8) is 0 Å². The highest BCUT2D eigenvalue weighted by Crippen LogP contribution is 2.19. The molecule has 0 bridgehead atoms. The first-order chi connectivity index (χ1) is 11.8. The molecule has 0 aliphatic heterocycles. The molecule has 130 valence electrons. The zero-order valence-corrected chi connectivity index (χ0v) is 16.5. The van der Waals surface area contributed by atoms with E-state index < -0.39 is 0 Å². The van der Waals surface area contributed by atoms with Crippen LogP contribution in [0, 0.1) is 6.92 Å². The average molecular weight is 396 g/mol. The summed E-state index contributed by atoms with van der Waals surface area (Å²) in [5.74, 6) is 0. The second kappa shape index (κ2) is 10.1. The zero-order chi connectivity index (χ0) is 16.6. The lowest BCUT2D eigenvalue weighted by atomic mass is 10.0. The highest BCUT2D eigenvalue weighted by Gasteiger charge is 2.01. The Morgan fingerprint density at radius 2 is 1.32 bits per heavy atom. The van der Waals surface area contributed by atoms with Crippen molar-refractivity contribution in [2.24, 2.45) is 0 Å². The first-order valence-corrected chi connectivity index (χ1v) is 8.91. The van der Waals surface area contributed by atoms with E-state index in [4.69, 9.17) is 0 Å². The number of hydrogen-bond acceptors (Lipinski definition) is 0. The van der Waals surface area contributed by atoms with Crippen LogP contribution in [-0.4, -0.2) is 0 Å². The Labute approximate surface area is 162 Å². The number of rotatable bonds is 7. The Kier molecular flexibility index (Phi) is 7.87. The van der Waals surface area contributed by atoms with Crippen molar-refractivity contribution >= 4 is 0 Å². The van der Waals surface area contributed by atoms with Crippen LogP contribution in [0.4, 0.5) is 0 Å². The second-order valence-electron chi connectivity index (χ2n) is 6.49. The number of halogens is 1. The third-order valence-corrected chi connectivity index (χ3v) is 4.50. The number of pyridine rings is 1. The third-order valence-electron chi connectivity index (χ3n) is 4.50. The molecule has 0 fully saturated rings. The Bertz CT molecular complexity index is 733. The quantitative estimate of drug-likeness (QED) is 0.427. The minimum atomic E-state index is 0. The van der Waals surface area contributed by atoms with Crippen molar-refractivity contribution in [2.45, 2.75) is 39.2 Å². The fourth-order valence-electron chi connectivity index (χ4n) is 2.98. The molecule has 2 heteroatoms. The molecule has 25 heavy (non-hydrogen) atoms. The summed E-state index contributed by atoms with van der Waals surface area (Å²) >= 11 is 0. The monoisotopic (exact) mass is 395 g/mol. The Morgan fingerprint density at radius 1 is 0.680 bits per heavy atom. The van der Waals surface area contributed by atoms with Crippen LogP contribution in [-0.2, 0) is 13.0 Å². The maximum Gasteiger partial charge on any atom is 0.169 e. The lowest BCUT2D eigenvalue weighted by Crippen LogP contribution is -3.00. The first kappa shape index (κ1) is 19.4. The fraction of sp³-hybridized carbons (Fsp3) is 0.261. The van der Waals surface area contributed by atoms with Gasteiger partial charge in [0, 0.05) is 18.6 Å². The van der Waals surface area contributed by atoms with Crippen LogP contribution in [0.2, 0.25) is 0 Å². The molecular formula is C23H26BrN. The van der Waals surface area contributed by atoms with E-state index in [0.717, 1.165) is 6.54 Å². The van der Waals surface area contributed by atoms with Gasteiger partial charge in [-0.05, 0) is 48.4 Å². The highest BCUT2D eigenvalue weighted by molar-refractivity contribution is 5.63. The second-order valence-corrected chi connectivity index (χ2v) is 6.49. The highest BCUT2D eigenvalue weighted by atomic mass is 79.9. The summed E-state index contributed by atoms with van der Waals surface area (Å²) in [6.45, 7) is 3.25. The van der Waals surface area contributed by atoms with E-state index >= 15 is 0 Å². The molecule has 1 heterocycles. The van der Waals surface area contributed by atoms with Gasteiger partial charge >= 0.3 is 0 Å². The average Bonchev–Trinajstić information content (AvgIpc) is 2.64. The molecule has 0 atom stereocenters. The molecule has 2 aromatic carbocycles. The minimum absolute atomic E-state index is 0. The van der Waals surface area contributed by atoms with E-state index in [1.54, 1.807) is 0 Å². The van der Waals surface area contributed by atoms with E-state index in [-0.39, 0.29) is 17.0 Å². The summed E-state index contributed by atoms with van der Waals surface area (Å²) < 4.78 is 2.28. The molecule has 0 aliphatic carbocycles. The summed E-state index contributed by atoms with van der Waals surface area (Å²) in [5.41, 5.74) is 5.36. The van der Waals surface area contributed by atoms with Gasteiger partial charge in [-0.15, -0.1) is 0 Å². The Balaban J connectivity index is 0.00000225. The molecule has 0 radical (unpaired) electrons. The fourth-order valence-corrected chi connectivity index (χ4v) is 2.98. The molecule has 1 aromatic heterocycles.